The Kier molecular flexibility index (Phi) is 6.64. The van der Waals surface area contributed by atoms with Crippen LogP contribution in [0.1, 0.15) is 26.3 Å². The van der Waals surface area contributed by atoms with Crippen molar-refractivity contribution in [3.63, 3.8) is 0 Å². The Morgan fingerprint density at radius 1 is 1.35 bits per heavy atom. The molecule has 0 fully saturated rings. The fraction of sp³-hybridized carbons (Fsp3) is 0.571. The maximum absolute atomic E-state index is 12.5. The Hall–Kier alpha value is -0.430. The second kappa shape index (κ2) is 7.54. The van der Waals surface area contributed by atoms with Crippen LogP contribution in [-0.4, -0.2) is 32.9 Å². The SMILES string of the molecule is CCNCc1ccc(S(=O)(=O)N(C)CC(C)C)c(Br)c1. The van der Waals surface area contributed by atoms with Crippen molar-refractivity contribution in [1.29, 1.82) is 0 Å². The van der Waals surface area contributed by atoms with Crippen LogP contribution in [0.4, 0.5) is 0 Å². The van der Waals surface area contributed by atoms with Crippen molar-refractivity contribution >= 4 is 26.0 Å². The first-order valence-corrected chi connectivity index (χ1v) is 8.97. The monoisotopic (exact) mass is 362 g/mol. The van der Waals surface area contributed by atoms with Crippen LogP contribution in [-0.2, 0) is 16.6 Å². The van der Waals surface area contributed by atoms with E-state index >= 15 is 0 Å². The number of nitrogens with one attached hydrogen (secondary N) is 1. The number of rotatable bonds is 7. The van der Waals surface area contributed by atoms with E-state index in [4.69, 9.17) is 0 Å². The van der Waals surface area contributed by atoms with E-state index < -0.39 is 10.0 Å². The minimum atomic E-state index is -3.44. The van der Waals surface area contributed by atoms with Crippen molar-refractivity contribution in [3.8, 4) is 0 Å². The molecule has 1 aromatic rings. The van der Waals surface area contributed by atoms with Gasteiger partial charge in [-0.25, -0.2) is 12.7 Å². The minimum absolute atomic E-state index is 0.293. The van der Waals surface area contributed by atoms with Crippen LogP contribution in [0.2, 0.25) is 0 Å². The number of nitrogens with zero attached hydrogens (tertiary/aromatic N) is 1. The minimum Gasteiger partial charge on any atom is -0.313 e. The van der Waals surface area contributed by atoms with E-state index in [1.165, 1.54) is 4.31 Å². The summed E-state index contributed by atoms with van der Waals surface area (Å²) in [5, 5.41) is 3.22. The molecule has 6 heteroatoms. The van der Waals surface area contributed by atoms with Crippen LogP contribution < -0.4 is 5.32 Å². The molecule has 1 rings (SSSR count). The topological polar surface area (TPSA) is 49.4 Å². The summed E-state index contributed by atoms with van der Waals surface area (Å²) in [6, 6.07) is 5.38. The summed E-state index contributed by atoms with van der Waals surface area (Å²) in [4.78, 5) is 0.320. The molecule has 0 amide bonds. The molecule has 0 heterocycles. The van der Waals surface area contributed by atoms with Crippen molar-refractivity contribution < 1.29 is 8.42 Å². The molecule has 20 heavy (non-hydrogen) atoms. The zero-order chi connectivity index (χ0) is 15.3. The van der Waals surface area contributed by atoms with Gasteiger partial charge in [0.05, 0.1) is 4.90 Å². The van der Waals surface area contributed by atoms with Gasteiger partial charge in [0.2, 0.25) is 10.0 Å². The van der Waals surface area contributed by atoms with Gasteiger partial charge in [-0.3, -0.25) is 0 Å². The third-order valence-electron chi connectivity index (χ3n) is 2.89. The van der Waals surface area contributed by atoms with Crippen LogP contribution in [0.5, 0.6) is 0 Å². The van der Waals surface area contributed by atoms with Crippen LogP contribution in [0, 0.1) is 5.92 Å². The molecule has 114 valence electrons. The summed E-state index contributed by atoms with van der Waals surface area (Å²) >= 11 is 3.38. The number of halogens is 1. The van der Waals surface area contributed by atoms with Gasteiger partial charge in [0, 0.05) is 24.6 Å². The molecule has 1 aromatic carbocycles. The number of sulfonamides is 1. The van der Waals surface area contributed by atoms with Gasteiger partial charge in [0.1, 0.15) is 0 Å². The van der Waals surface area contributed by atoms with E-state index in [0.29, 0.717) is 21.8 Å². The summed E-state index contributed by atoms with van der Waals surface area (Å²) in [5.41, 5.74) is 1.06. The summed E-state index contributed by atoms with van der Waals surface area (Å²) in [7, 11) is -1.82. The van der Waals surface area contributed by atoms with E-state index in [9.17, 15) is 8.42 Å². The van der Waals surface area contributed by atoms with Gasteiger partial charge < -0.3 is 5.32 Å². The summed E-state index contributed by atoms with van der Waals surface area (Å²) in [6.45, 7) is 8.16. The zero-order valence-corrected chi connectivity index (χ0v) is 14.9. The van der Waals surface area contributed by atoms with Gasteiger partial charge in [0.25, 0.3) is 0 Å². The van der Waals surface area contributed by atoms with E-state index in [1.54, 1.807) is 13.1 Å². The lowest BCUT2D eigenvalue weighted by molar-refractivity contribution is 0.417. The van der Waals surface area contributed by atoms with Crippen molar-refractivity contribution in [1.82, 2.24) is 9.62 Å². The van der Waals surface area contributed by atoms with E-state index in [-0.39, 0.29) is 0 Å². The Balaban J connectivity index is 3.01. The Morgan fingerprint density at radius 3 is 2.50 bits per heavy atom. The molecule has 0 unspecified atom stereocenters. The van der Waals surface area contributed by atoms with Crippen LogP contribution in [0.15, 0.2) is 27.6 Å². The predicted octanol–water partition coefficient (Wildman–Crippen LogP) is 2.84. The number of benzene rings is 1. The quantitative estimate of drug-likeness (QED) is 0.811. The molecule has 1 N–H and O–H groups in total. The Morgan fingerprint density at radius 2 is 2.00 bits per heavy atom. The van der Waals surface area contributed by atoms with E-state index in [2.05, 4.69) is 21.2 Å². The maximum Gasteiger partial charge on any atom is 0.243 e. The molecule has 0 atom stereocenters. The standard InChI is InChI=1S/C14H23BrN2O2S/c1-5-16-9-12-6-7-14(13(15)8-12)20(18,19)17(4)10-11(2)3/h6-8,11,16H,5,9-10H2,1-4H3. The maximum atomic E-state index is 12.5. The highest BCUT2D eigenvalue weighted by molar-refractivity contribution is 9.10. The van der Waals surface area contributed by atoms with Crippen molar-refractivity contribution in [2.24, 2.45) is 5.92 Å². The lowest BCUT2D eigenvalue weighted by Gasteiger charge is -2.20. The summed E-state index contributed by atoms with van der Waals surface area (Å²) < 4.78 is 27.0. The lowest BCUT2D eigenvalue weighted by Crippen LogP contribution is -2.30. The second-order valence-electron chi connectivity index (χ2n) is 5.22. The molecule has 4 nitrogen and oxygen atoms in total. The third kappa shape index (κ3) is 4.55. The highest BCUT2D eigenvalue weighted by Gasteiger charge is 2.23. The fourth-order valence-corrected chi connectivity index (χ4v) is 4.33. The number of hydrogen-bond donors (Lipinski definition) is 1. The van der Waals surface area contributed by atoms with Crippen LogP contribution in [0.3, 0.4) is 0 Å². The smallest absolute Gasteiger partial charge is 0.243 e. The molecular formula is C14H23BrN2O2S. The van der Waals surface area contributed by atoms with Gasteiger partial charge in [-0.1, -0.05) is 26.8 Å². The highest BCUT2D eigenvalue weighted by Crippen LogP contribution is 2.26. The molecular weight excluding hydrogens is 340 g/mol. The normalized spacial score (nSPS) is 12.3. The molecule has 0 aliphatic rings. The van der Waals surface area contributed by atoms with Crippen molar-refractivity contribution in [2.75, 3.05) is 20.1 Å². The molecule has 0 saturated heterocycles. The van der Waals surface area contributed by atoms with Crippen LogP contribution in [0.25, 0.3) is 0 Å². The fourth-order valence-electron chi connectivity index (χ4n) is 1.91. The average molecular weight is 363 g/mol. The molecule has 0 bridgehead atoms. The van der Waals surface area contributed by atoms with E-state index in [1.807, 2.05) is 32.9 Å². The average Bonchev–Trinajstić information content (AvgIpc) is 2.35. The Bertz CT molecular complexity index is 544. The zero-order valence-electron chi connectivity index (χ0n) is 12.5. The molecule has 0 aliphatic heterocycles. The third-order valence-corrected chi connectivity index (χ3v) is 5.69. The van der Waals surface area contributed by atoms with Gasteiger partial charge in [-0.15, -0.1) is 0 Å². The molecule has 0 saturated carbocycles. The van der Waals surface area contributed by atoms with Crippen molar-refractivity contribution in [3.05, 3.63) is 28.2 Å². The summed E-state index contributed by atoms with van der Waals surface area (Å²) in [5.74, 6) is 0.293. The van der Waals surface area contributed by atoms with Gasteiger partial charge >= 0.3 is 0 Å². The van der Waals surface area contributed by atoms with Crippen molar-refractivity contribution in [2.45, 2.75) is 32.2 Å². The Labute approximate surface area is 130 Å². The van der Waals surface area contributed by atoms with Gasteiger partial charge in [0.15, 0.2) is 0 Å². The van der Waals surface area contributed by atoms with E-state index in [0.717, 1.165) is 18.7 Å². The molecule has 0 spiro atoms. The largest absolute Gasteiger partial charge is 0.313 e. The van der Waals surface area contributed by atoms with Gasteiger partial charge in [-0.2, -0.15) is 0 Å². The second-order valence-corrected chi connectivity index (χ2v) is 8.09. The summed E-state index contributed by atoms with van der Waals surface area (Å²) in [6.07, 6.45) is 0. The molecule has 0 aromatic heterocycles. The first kappa shape index (κ1) is 17.6. The van der Waals surface area contributed by atoms with Gasteiger partial charge in [-0.05, 0) is 46.1 Å². The molecule has 0 aliphatic carbocycles. The number of hydrogen-bond acceptors (Lipinski definition) is 3. The highest BCUT2D eigenvalue weighted by atomic mass is 79.9. The first-order chi connectivity index (χ1) is 9.28. The van der Waals surface area contributed by atoms with Crippen LogP contribution >= 0.6 is 15.9 Å². The predicted molar refractivity (Wildman–Crippen MR) is 86.2 cm³/mol. The first-order valence-electron chi connectivity index (χ1n) is 6.74. The lowest BCUT2D eigenvalue weighted by atomic mass is 10.2. The molecule has 0 radical (unpaired) electrons.